The predicted octanol–water partition coefficient (Wildman–Crippen LogP) is 2.28. The first-order chi connectivity index (χ1) is 13.3. The molecule has 0 spiro atoms. The van der Waals surface area contributed by atoms with Crippen LogP contribution >= 0.6 is 0 Å². The first kappa shape index (κ1) is 15.9. The Kier molecular flexibility index (Phi) is 3.81. The first-order valence-corrected chi connectivity index (χ1v) is 8.88. The van der Waals surface area contributed by atoms with E-state index < -0.39 is 0 Å². The van der Waals surface area contributed by atoms with Crippen molar-refractivity contribution in [2.24, 2.45) is 0 Å². The van der Waals surface area contributed by atoms with Gasteiger partial charge in [-0.2, -0.15) is 10.1 Å². The maximum Gasteiger partial charge on any atom is 0.228 e. The monoisotopic (exact) mass is 365 g/mol. The smallest absolute Gasteiger partial charge is 0.228 e. The largest absolute Gasteiger partial charge is 0.485 e. The van der Waals surface area contributed by atoms with Gasteiger partial charge in [0.25, 0.3) is 0 Å². The number of anilines is 1. The minimum atomic E-state index is -0.244. The van der Waals surface area contributed by atoms with Gasteiger partial charge in [0.2, 0.25) is 11.8 Å². The zero-order chi connectivity index (χ0) is 18.2. The Balaban J connectivity index is 1.42. The van der Waals surface area contributed by atoms with Gasteiger partial charge in [-0.3, -0.25) is 5.10 Å². The Labute approximate surface area is 156 Å². The Hall–Kier alpha value is -3.29. The SMILES string of the molecule is COc1ccnc(N2CCc3[nH]nc(C4COc5ccccc5O4)c3C2)n1. The number of ether oxygens (including phenoxy) is 3. The summed E-state index contributed by atoms with van der Waals surface area (Å²) < 4.78 is 17.2. The maximum atomic E-state index is 6.14. The second-order valence-corrected chi connectivity index (χ2v) is 6.50. The molecule has 2 aliphatic heterocycles. The summed E-state index contributed by atoms with van der Waals surface area (Å²) in [6.45, 7) is 1.91. The van der Waals surface area contributed by atoms with Gasteiger partial charge in [-0.05, 0) is 12.1 Å². The quantitative estimate of drug-likeness (QED) is 0.762. The van der Waals surface area contributed by atoms with E-state index >= 15 is 0 Å². The molecule has 1 atom stereocenters. The number of benzene rings is 1. The fourth-order valence-corrected chi connectivity index (χ4v) is 3.51. The van der Waals surface area contributed by atoms with E-state index in [-0.39, 0.29) is 6.10 Å². The third kappa shape index (κ3) is 2.83. The fraction of sp³-hybridized carbons (Fsp3) is 0.316. The van der Waals surface area contributed by atoms with Crippen LogP contribution in [-0.2, 0) is 13.0 Å². The molecule has 1 aromatic carbocycles. The van der Waals surface area contributed by atoms with Gasteiger partial charge in [-0.15, -0.1) is 0 Å². The molecule has 0 saturated carbocycles. The zero-order valence-corrected chi connectivity index (χ0v) is 14.9. The second-order valence-electron chi connectivity index (χ2n) is 6.50. The van der Waals surface area contributed by atoms with E-state index in [1.807, 2.05) is 24.3 Å². The van der Waals surface area contributed by atoms with Gasteiger partial charge in [0.1, 0.15) is 12.3 Å². The highest BCUT2D eigenvalue weighted by atomic mass is 16.6. The molecule has 2 aliphatic rings. The number of rotatable bonds is 3. The van der Waals surface area contributed by atoms with Crippen molar-refractivity contribution in [3.8, 4) is 17.4 Å². The molecular formula is C19H19N5O3. The summed E-state index contributed by atoms with van der Waals surface area (Å²) in [5, 5.41) is 7.70. The molecule has 0 fully saturated rings. The predicted molar refractivity (Wildman–Crippen MR) is 97.2 cm³/mol. The summed E-state index contributed by atoms with van der Waals surface area (Å²) in [5.41, 5.74) is 3.14. The van der Waals surface area contributed by atoms with E-state index in [4.69, 9.17) is 14.2 Å². The van der Waals surface area contributed by atoms with Crippen LogP contribution in [0.3, 0.4) is 0 Å². The molecule has 0 saturated heterocycles. The van der Waals surface area contributed by atoms with Crippen molar-refractivity contribution < 1.29 is 14.2 Å². The fourth-order valence-electron chi connectivity index (χ4n) is 3.51. The minimum Gasteiger partial charge on any atom is -0.485 e. The standard InChI is InChI=1S/C19H19N5O3/c1-25-17-6-8-20-19(21-17)24-9-7-13-12(10-24)18(23-22-13)16-11-26-14-4-2-3-5-15(14)27-16/h2-6,8,16H,7,9-11H2,1H3,(H,22,23). The third-order valence-corrected chi connectivity index (χ3v) is 4.89. The van der Waals surface area contributed by atoms with Crippen LogP contribution in [0.4, 0.5) is 5.95 Å². The highest BCUT2D eigenvalue weighted by Crippen LogP contribution is 2.37. The van der Waals surface area contributed by atoms with Gasteiger partial charge in [-0.1, -0.05) is 12.1 Å². The number of para-hydroxylation sites is 2. The van der Waals surface area contributed by atoms with Gasteiger partial charge in [0.05, 0.1) is 7.11 Å². The summed E-state index contributed by atoms with van der Waals surface area (Å²) >= 11 is 0. The Morgan fingerprint density at radius 2 is 2.11 bits per heavy atom. The number of nitrogens with one attached hydrogen (secondary N) is 1. The number of methoxy groups -OCH3 is 1. The molecule has 4 heterocycles. The summed E-state index contributed by atoms with van der Waals surface area (Å²) in [7, 11) is 1.60. The molecule has 0 radical (unpaired) electrons. The van der Waals surface area contributed by atoms with Crippen molar-refractivity contribution in [2.75, 3.05) is 25.2 Å². The molecule has 8 nitrogen and oxygen atoms in total. The minimum absolute atomic E-state index is 0.244. The zero-order valence-electron chi connectivity index (χ0n) is 14.9. The molecule has 2 aromatic heterocycles. The van der Waals surface area contributed by atoms with Crippen molar-refractivity contribution >= 4 is 5.95 Å². The number of hydrogen-bond acceptors (Lipinski definition) is 7. The molecule has 8 heteroatoms. The van der Waals surface area contributed by atoms with Crippen LogP contribution in [0, 0.1) is 0 Å². The normalized spacial score (nSPS) is 18.1. The number of aromatic nitrogens is 4. The van der Waals surface area contributed by atoms with Crippen LogP contribution < -0.4 is 19.1 Å². The molecule has 0 aliphatic carbocycles. The molecule has 0 amide bonds. The Morgan fingerprint density at radius 1 is 1.22 bits per heavy atom. The Bertz CT molecular complexity index is 973. The van der Waals surface area contributed by atoms with Crippen molar-refractivity contribution in [1.29, 1.82) is 0 Å². The number of nitrogens with zero attached hydrogens (tertiary/aromatic N) is 4. The molecule has 3 aromatic rings. The lowest BCUT2D eigenvalue weighted by Crippen LogP contribution is -2.33. The number of aromatic amines is 1. The van der Waals surface area contributed by atoms with Gasteiger partial charge in [-0.25, -0.2) is 4.98 Å². The lowest BCUT2D eigenvalue weighted by Gasteiger charge is -2.29. The molecule has 5 rings (SSSR count). The molecule has 138 valence electrons. The topological polar surface area (TPSA) is 85.4 Å². The summed E-state index contributed by atoms with van der Waals surface area (Å²) in [6.07, 6.45) is 2.31. The van der Waals surface area contributed by atoms with E-state index in [1.54, 1.807) is 19.4 Å². The Morgan fingerprint density at radius 3 is 3.00 bits per heavy atom. The molecular weight excluding hydrogens is 346 g/mol. The molecule has 1 N–H and O–H groups in total. The van der Waals surface area contributed by atoms with E-state index in [0.717, 1.165) is 41.4 Å². The summed E-state index contributed by atoms with van der Waals surface area (Å²) in [6, 6.07) is 9.44. The van der Waals surface area contributed by atoms with Gasteiger partial charge in [0, 0.05) is 43.0 Å². The second kappa shape index (κ2) is 6.46. The van der Waals surface area contributed by atoms with E-state index in [9.17, 15) is 0 Å². The number of hydrogen-bond donors (Lipinski definition) is 1. The first-order valence-electron chi connectivity index (χ1n) is 8.88. The lowest BCUT2D eigenvalue weighted by molar-refractivity contribution is 0.0876. The van der Waals surface area contributed by atoms with Gasteiger partial charge in [0.15, 0.2) is 17.6 Å². The van der Waals surface area contributed by atoms with Crippen LogP contribution in [0.2, 0.25) is 0 Å². The van der Waals surface area contributed by atoms with Crippen molar-refractivity contribution in [3.05, 3.63) is 53.5 Å². The molecule has 1 unspecified atom stereocenters. The van der Waals surface area contributed by atoms with Crippen LogP contribution in [0.5, 0.6) is 17.4 Å². The number of H-pyrrole nitrogens is 1. The van der Waals surface area contributed by atoms with E-state index in [0.29, 0.717) is 25.0 Å². The van der Waals surface area contributed by atoms with Crippen LogP contribution in [0.25, 0.3) is 0 Å². The highest BCUT2D eigenvalue weighted by Gasteiger charge is 2.31. The summed E-state index contributed by atoms with van der Waals surface area (Å²) in [4.78, 5) is 11.0. The molecule has 27 heavy (non-hydrogen) atoms. The average molecular weight is 365 g/mol. The van der Waals surface area contributed by atoms with Crippen molar-refractivity contribution in [3.63, 3.8) is 0 Å². The average Bonchev–Trinajstić information content (AvgIpc) is 3.16. The van der Waals surface area contributed by atoms with Crippen molar-refractivity contribution in [2.45, 2.75) is 19.1 Å². The molecule has 0 bridgehead atoms. The van der Waals surface area contributed by atoms with E-state index in [2.05, 4.69) is 25.1 Å². The highest BCUT2D eigenvalue weighted by molar-refractivity contribution is 5.44. The maximum absolute atomic E-state index is 6.14. The number of fused-ring (bicyclic) bond motifs is 2. The van der Waals surface area contributed by atoms with E-state index in [1.165, 1.54) is 0 Å². The van der Waals surface area contributed by atoms with Crippen LogP contribution in [-0.4, -0.2) is 40.4 Å². The third-order valence-electron chi connectivity index (χ3n) is 4.89. The lowest BCUT2D eigenvalue weighted by atomic mass is 10.0. The van der Waals surface area contributed by atoms with Crippen molar-refractivity contribution in [1.82, 2.24) is 20.2 Å². The van der Waals surface area contributed by atoms with Crippen LogP contribution in [0.15, 0.2) is 36.5 Å². The van der Waals surface area contributed by atoms with Gasteiger partial charge < -0.3 is 19.1 Å². The van der Waals surface area contributed by atoms with Gasteiger partial charge >= 0.3 is 0 Å². The van der Waals surface area contributed by atoms with Crippen LogP contribution in [0.1, 0.15) is 23.1 Å². The summed E-state index contributed by atoms with van der Waals surface area (Å²) in [5.74, 6) is 2.72.